The number of fused-ring (bicyclic) bond motifs is 8. The van der Waals surface area contributed by atoms with Gasteiger partial charge in [0, 0.05) is 47.8 Å². The van der Waals surface area contributed by atoms with Crippen molar-refractivity contribution in [3.8, 4) is 0 Å². The number of nitrogens with zero attached hydrogens (tertiary/aromatic N) is 2. The minimum absolute atomic E-state index is 0.0388. The van der Waals surface area contributed by atoms with Crippen molar-refractivity contribution in [2.45, 2.75) is 103 Å². The van der Waals surface area contributed by atoms with Crippen LogP contribution in [0.3, 0.4) is 0 Å². The minimum atomic E-state index is -0.585. The van der Waals surface area contributed by atoms with Crippen LogP contribution in [-0.4, -0.2) is 125 Å². The van der Waals surface area contributed by atoms with Crippen molar-refractivity contribution in [3.05, 3.63) is 69.3 Å². The summed E-state index contributed by atoms with van der Waals surface area (Å²) in [6, 6.07) is 6.95. The Morgan fingerprint density at radius 2 is 0.611 bits per heavy atom. The Hall–Kier alpha value is -7.64. The second-order valence-corrected chi connectivity index (χ2v) is 16.8. The molecule has 2 aliphatic rings. The minimum Gasteiger partial charge on any atom is -0.469 e. The third-order valence-electron chi connectivity index (χ3n) is 12.5. The van der Waals surface area contributed by atoms with Gasteiger partial charge in [0.2, 0.25) is 0 Å². The fraction of sp³-hybridized carbons (Fsp3) is 0.462. The maximum absolute atomic E-state index is 13.3. The molecule has 0 radical (unpaired) electrons. The molecule has 0 atom stereocenters. The summed E-state index contributed by atoms with van der Waals surface area (Å²) in [7, 11) is 10.2. The molecule has 5 rings (SSSR count). The van der Waals surface area contributed by atoms with Crippen LogP contribution in [0.5, 0.6) is 0 Å². The van der Waals surface area contributed by atoms with Crippen LogP contribution >= 0.6 is 0 Å². The average molecular weight is 999 g/mol. The number of carbonyl (C=O) groups is 8. The molecule has 8 bridgehead atoms. The Bertz CT molecular complexity index is 2810. The largest absolute Gasteiger partial charge is 0.469 e. The number of rotatable bonds is 24. The second-order valence-electron chi connectivity index (χ2n) is 16.8. The van der Waals surface area contributed by atoms with Gasteiger partial charge in [-0.15, -0.1) is 0 Å². The molecular formula is C52H62N4O16. The SMILES string of the molecule is COC(=O)CCCC1=C(CC(=O)OC)c2cc3nc(cc4[nH]c(cc5[nH]c(cc1n2)c(CC(=O)OC)c5CCCC(=O)OC)c(CC(=O)OC)c4CCCC(=O)OC)C(CC(=O)OC)=C3CCCC(=O)OC. The zero-order valence-electron chi connectivity index (χ0n) is 42.0. The predicted octanol–water partition coefficient (Wildman–Crippen LogP) is 6.37. The number of nitrogens with one attached hydrogen (secondary N) is 2. The molecule has 20 nitrogen and oxygen atoms in total. The fourth-order valence-electron chi connectivity index (χ4n) is 8.75. The smallest absolute Gasteiger partial charge is 0.310 e. The summed E-state index contributed by atoms with van der Waals surface area (Å²) in [4.78, 5) is 120. The van der Waals surface area contributed by atoms with Crippen molar-refractivity contribution in [1.29, 1.82) is 0 Å². The number of H-pyrrole nitrogens is 2. The summed E-state index contributed by atoms with van der Waals surface area (Å²) in [5, 5.41) is 0. The first-order chi connectivity index (χ1) is 34.6. The molecule has 3 aromatic heterocycles. The van der Waals surface area contributed by atoms with E-state index in [-0.39, 0.29) is 83.5 Å². The van der Waals surface area contributed by atoms with E-state index in [1.807, 2.05) is 0 Å². The lowest BCUT2D eigenvalue weighted by Gasteiger charge is -2.09. The Morgan fingerprint density at radius 1 is 0.333 bits per heavy atom. The van der Waals surface area contributed by atoms with Crippen LogP contribution in [0.4, 0.5) is 0 Å². The van der Waals surface area contributed by atoms with Crippen LogP contribution in [0.25, 0.3) is 44.4 Å². The molecule has 72 heavy (non-hydrogen) atoms. The molecule has 3 aromatic rings. The number of ether oxygens (including phenoxy) is 8. The number of aryl methyl sites for hydroxylation is 2. The summed E-state index contributed by atoms with van der Waals surface area (Å²) in [5.41, 5.74) is 7.61. The molecule has 2 aliphatic heterocycles. The summed E-state index contributed by atoms with van der Waals surface area (Å²) in [6.45, 7) is 0. The number of allylic oxidation sites excluding steroid dienone is 2. The van der Waals surface area contributed by atoms with E-state index in [4.69, 9.17) is 47.9 Å². The van der Waals surface area contributed by atoms with Gasteiger partial charge >= 0.3 is 47.8 Å². The lowest BCUT2D eigenvalue weighted by atomic mass is 9.94. The van der Waals surface area contributed by atoms with Crippen LogP contribution in [0, 0.1) is 0 Å². The van der Waals surface area contributed by atoms with Crippen molar-refractivity contribution in [2.24, 2.45) is 0 Å². The highest BCUT2D eigenvalue weighted by Gasteiger charge is 2.29. The molecule has 0 fully saturated rings. The van der Waals surface area contributed by atoms with Gasteiger partial charge in [0.05, 0.1) is 105 Å². The first-order valence-electron chi connectivity index (χ1n) is 23.4. The van der Waals surface area contributed by atoms with Crippen LogP contribution in [0.1, 0.15) is 122 Å². The summed E-state index contributed by atoms with van der Waals surface area (Å²) < 4.78 is 40.5. The summed E-state index contributed by atoms with van der Waals surface area (Å²) >= 11 is 0. The molecule has 2 N–H and O–H groups in total. The number of esters is 8. The molecule has 0 aliphatic carbocycles. The van der Waals surface area contributed by atoms with Gasteiger partial charge in [-0.1, -0.05) is 0 Å². The van der Waals surface area contributed by atoms with Gasteiger partial charge in [0.25, 0.3) is 0 Å². The van der Waals surface area contributed by atoms with Gasteiger partial charge in [-0.3, -0.25) is 38.4 Å². The lowest BCUT2D eigenvalue weighted by Crippen LogP contribution is -2.07. The Morgan fingerprint density at radius 3 is 0.986 bits per heavy atom. The van der Waals surface area contributed by atoms with Crippen molar-refractivity contribution in [1.82, 2.24) is 19.9 Å². The van der Waals surface area contributed by atoms with E-state index < -0.39 is 47.8 Å². The molecule has 0 amide bonds. The highest BCUT2D eigenvalue weighted by molar-refractivity contribution is 6.02. The highest BCUT2D eigenvalue weighted by atomic mass is 16.5. The lowest BCUT2D eigenvalue weighted by molar-refractivity contribution is -0.141. The van der Waals surface area contributed by atoms with Gasteiger partial charge < -0.3 is 47.9 Å². The number of methoxy groups -OCH3 is 8. The maximum Gasteiger partial charge on any atom is 0.310 e. The first-order valence-corrected chi connectivity index (χ1v) is 23.4. The first kappa shape index (κ1) is 55.3. The van der Waals surface area contributed by atoms with Gasteiger partial charge in [-0.2, -0.15) is 0 Å². The molecule has 0 aromatic carbocycles. The van der Waals surface area contributed by atoms with Crippen LogP contribution in [0.15, 0.2) is 24.3 Å². The molecule has 0 unspecified atom stereocenters. The zero-order chi connectivity index (χ0) is 52.5. The highest BCUT2D eigenvalue weighted by Crippen LogP contribution is 2.41. The number of hydrogen-bond acceptors (Lipinski definition) is 18. The molecule has 386 valence electrons. The Kier molecular flexibility index (Phi) is 20.4. The normalized spacial score (nSPS) is 12.0. The van der Waals surface area contributed by atoms with Crippen LogP contribution in [-0.2, 0) is 102 Å². The number of aromatic nitrogens is 4. The molecule has 0 spiro atoms. The Labute approximate surface area is 416 Å². The second kappa shape index (κ2) is 26.5. The van der Waals surface area contributed by atoms with E-state index >= 15 is 0 Å². The Balaban J connectivity index is 2.06. The van der Waals surface area contributed by atoms with Crippen molar-refractivity contribution in [3.63, 3.8) is 0 Å². The quantitative estimate of drug-likeness (QED) is 0.0729. The maximum atomic E-state index is 13.3. The molecule has 0 saturated heterocycles. The number of carbonyl (C=O) groups excluding carboxylic acids is 8. The van der Waals surface area contributed by atoms with Gasteiger partial charge in [-0.05, 0) is 120 Å². The summed E-state index contributed by atoms with van der Waals surface area (Å²) in [5.74, 6) is -4.07. The molecule has 20 heteroatoms. The van der Waals surface area contributed by atoms with Crippen molar-refractivity contribution < 1.29 is 76.3 Å². The standard InChI is InChI=1S/C52H62N4O16/c1-65-45(57)17-9-13-29-33(21-49(61)69-5)41-26-38-31(15-11-19-47(59)67-3)35(23-51(63)71-7)43(55-38)28-40-32(16-12-20-48(60)68-4)36(24-52(64)72-8)44(56-40)27-39-30(14-10-18-46(58)66-2)34(22-50(62)70-6)42(54-39)25-37(29)53-41/h25-28,53-54H,9-24H2,1-8H3. The van der Waals surface area contributed by atoms with E-state index in [1.165, 1.54) is 56.9 Å². The van der Waals surface area contributed by atoms with Crippen LogP contribution in [0.2, 0.25) is 0 Å². The average Bonchev–Trinajstić information content (AvgIpc) is 4.07. The molecular weight excluding hydrogens is 937 g/mol. The van der Waals surface area contributed by atoms with E-state index in [9.17, 15) is 38.4 Å². The number of hydrogen-bond donors (Lipinski definition) is 2. The zero-order valence-corrected chi connectivity index (χ0v) is 42.0. The third kappa shape index (κ3) is 14.3. The van der Waals surface area contributed by atoms with Crippen molar-refractivity contribution in [2.75, 3.05) is 56.9 Å². The number of aromatic amines is 2. The van der Waals surface area contributed by atoms with Crippen LogP contribution < -0.4 is 0 Å². The van der Waals surface area contributed by atoms with Gasteiger partial charge in [-0.25, -0.2) is 9.97 Å². The molecule has 0 saturated carbocycles. The van der Waals surface area contributed by atoms with Gasteiger partial charge in [0.1, 0.15) is 0 Å². The van der Waals surface area contributed by atoms with Crippen molar-refractivity contribution >= 4 is 92.1 Å². The molecule has 5 heterocycles. The van der Waals surface area contributed by atoms with E-state index in [2.05, 4.69) is 9.97 Å². The monoisotopic (exact) mass is 998 g/mol. The van der Waals surface area contributed by atoms with E-state index in [0.29, 0.717) is 109 Å². The van der Waals surface area contributed by atoms with Gasteiger partial charge in [0.15, 0.2) is 0 Å². The van der Waals surface area contributed by atoms with E-state index in [0.717, 1.165) is 0 Å². The van der Waals surface area contributed by atoms with E-state index in [1.54, 1.807) is 24.3 Å². The topological polar surface area (TPSA) is 268 Å². The fourth-order valence-corrected chi connectivity index (χ4v) is 8.75. The summed E-state index contributed by atoms with van der Waals surface area (Å²) in [6.07, 6.45) is 1.44. The predicted molar refractivity (Wildman–Crippen MR) is 261 cm³/mol. The third-order valence-corrected chi connectivity index (χ3v) is 12.5.